The Balaban J connectivity index is 2.08. The van der Waals surface area contributed by atoms with Crippen LogP contribution in [0.5, 0.6) is 0 Å². The van der Waals surface area contributed by atoms with Crippen LogP contribution < -0.4 is 5.32 Å². The number of hydrogen-bond acceptors (Lipinski definition) is 2. The Bertz CT molecular complexity index is 728. The predicted molar refractivity (Wildman–Crippen MR) is 78.5 cm³/mol. The molecule has 2 unspecified atom stereocenters. The van der Waals surface area contributed by atoms with Crippen LogP contribution in [-0.2, 0) is 4.79 Å². The van der Waals surface area contributed by atoms with E-state index in [2.05, 4.69) is 5.32 Å². The van der Waals surface area contributed by atoms with Gasteiger partial charge in [-0.15, -0.1) is 0 Å². The Morgan fingerprint density at radius 3 is 2.50 bits per heavy atom. The molecule has 0 aromatic heterocycles. The number of nitrogens with one attached hydrogen (secondary N) is 1. The van der Waals surface area contributed by atoms with Crippen molar-refractivity contribution in [1.82, 2.24) is 0 Å². The van der Waals surface area contributed by atoms with E-state index >= 15 is 0 Å². The summed E-state index contributed by atoms with van der Waals surface area (Å²) in [6.07, 6.45) is -0.588. The average molecular weight is 303 g/mol. The quantitative estimate of drug-likeness (QED) is 0.912. The Labute approximate surface area is 126 Å². The van der Waals surface area contributed by atoms with Crippen molar-refractivity contribution in [3.8, 4) is 0 Å². The molecular weight excluding hydrogens is 288 g/mol. The van der Waals surface area contributed by atoms with E-state index in [1.54, 1.807) is 0 Å². The minimum absolute atomic E-state index is 0.198. The molecular formula is C17H15F2NO2. The first-order chi connectivity index (χ1) is 10.5. The van der Waals surface area contributed by atoms with Crippen molar-refractivity contribution < 1.29 is 18.7 Å². The maximum atomic E-state index is 13.9. The van der Waals surface area contributed by atoms with Gasteiger partial charge < -0.3 is 10.4 Å². The van der Waals surface area contributed by atoms with E-state index in [0.29, 0.717) is 23.2 Å². The summed E-state index contributed by atoms with van der Waals surface area (Å²) in [5.41, 5.74) is 1.73. The number of hydrogen-bond donors (Lipinski definition) is 2. The number of halogens is 2. The summed E-state index contributed by atoms with van der Waals surface area (Å²) in [5.74, 6) is -1.54. The zero-order valence-corrected chi connectivity index (χ0v) is 11.9. The number of fused-ring (bicyclic) bond motifs is 1. The summed E-state index contributed by atoms with van der Waals surface area (Å²) in [7, 11) is 0. The molecule has 3 rings (SSSR count). The fourth-order valence-corrected chi connectivity index (χ4v) is 2.87. The van der Waals surface area contributed by atoms with Crippen LogP contribution >= 0.6 is 0 Å². The molecule has 2 aromatic carbocycles. The summed E-state index contributed by atoms with van der Waals surface area (Å²) in [6.45, 7) is 1.85. The van der Waals surface area contributed by atoms with Gasteiger partial charge in [0.25, 0.3) is 0 Å². The van der Waals surface area contributed by atoms with E-state index < -0.39 is 23.7 Å². The number of carbonyl (C=O) groups excluding carboxylic acids is 1. The minimum Gasteiger partial charge on any atom is -0.384 e. The number of benzene rings is 2. The highest BCUT2D eigenvalue weighted by molar-refractivity contribution is 6.03. The van der Waals surface area contributed by atoms with Crippen LogP contribution in [0.1, 0.15) is 42.1 Å². The van der Waals surface area contributed by atoms with E-state index in [1.807, 2.05) is 6.92 Å². The predicted octanol–water partition coefficient (Wildman–Crippen LogP) is 3.49. The van der Waals surface area contributed by atoms with Gasteiger partial charge in [-0.05, 0) is 41.8 Å². The van der Waals surface area contributed by atoms with Crippen LogP contribution in [0.15, 0.2) is 36.4 Å². The highest BCUT2D eigenvalue weighted by atomic mass is 19.1. The maximum absolute atomic E-state index is 13.9. The van der Waals surface area contributed by atoms with Gasteiger partial charge in [-0.2, -0.15) is 0 Å². The van der Waals surface area contributed by atoms with Crippen molar-refractivity contribution in [2.24, 2.45) is 0 Å². The van der Waals surface area contributed by atoms with Crippen LogP contribution in [0.25, 0.3) is 0 Å². The van der Waals surface area contributed by atoms with Gasteiger partial charge in [-0.3, -0.25) is 4.79 Å². The van der Waals surface area contributed by atoms with E-state index in [4.69, 9.17) is 0 Å². The minimum atomic E-state index is -1.14. The van der Waals surface area contributed by atoms with Crippen molar-refractivity contribution in [3.63, 3.8) is 0 Å². The first kappa shape index (κ1) is 14.7. The molecule has 0 saturated carbocycles. The lowest BCUT2D eigenvalue weighted by Gasteiger charge is -2.16. The number of amides is 1. The Kier molecular flexibility index (Phi) is 3.66. The Morgan fingerprint density at radius 1 is 1.18 bits per heavy atom. The van der Waals surface area contributed by atoms with Crippen LogP contribution in [-0.4, -0.2) is 11.0 Å². The lowest BCUT2D eigenvalue weighted by atomic mass is 9.93. The molecule has 1 aliphatic rings. The molecule has 2 atom stereocenters. The third kappa shape index (κ3) is 2.37. The average Bonchev–Trinajstić information content (AvgIpc) is 2.81. The molecule has 3 nitrogen and oxygen atoms in total. The third-order valence-corrected chi connectivity index (χ3v) is 3.99. The van der Waals surface area contributed by atoms with E-state index in [-0.39, 0.29) is 11.5 Å². The number of carbonyl (C=O) groups is 1. The van der Waals surface area contributed by atoms with Gasteiger partial charge in [0.1, 0.15) is 17.7 Å². The zero-order valence-electron chi connectivity index (χ0n) is 11.9. The highest BCUT2D eigenvalue weighted by Crippen LogP contribution is 2.41. The van der Waals surface area contributed by atoms with Crippen LogP contribution in [0.2, 0.25) is 0 Å². The van der Waals surface area contributed by atoms with Crippen LogP contribution in [0.3, 0.4) is 0 Å². The summed E-state index contributed by atoms with van der Waals surface area (Å²) < 4.78 is 26.9. The van der Waals surface area contributed by atoms with Gasteiger partial charge in [0, 0.05) is 5.56 Å². The van der Waals surface area contributed by atoms with Crippen LogP contribution in [0, 0.1) is 11.6 Å². The topological polar surface area (TPSA) is 49.3 Å². The molecule has 2 aromatic rings. The first-order valence-corrected chi connectivity index (χ1v) is 7.09. The van der Waals surface area contributed by atoms with Gasteiger partial charge >= 0.3 is 0 Å². The molecule has 0 fully saturated rings. The van der Waals surface area contributed by atoms with Crippen LogP contribution in [0.4, 0.5) is 14.5 Å². The fraction of sp³-hybridized carbons (Fsp3) is 0.235. The lowest BCUT2D eigenvalue weighted by Crippen LogP contribution is -2.11. The van der Waals surface area contributed by atoms with E-state index in [9.17, 15) is 18.7 Å². The summed E-state index contributed by atoms with van der Waals surface area (Å²) in [6, 6.07) is 7.85. The molecule has 1 amide bonds. The molecule has 22 heavy (non-hydrogen) atoms. The number of aliphatic hydroxyl groups is 1. The second-order valence-corrected chi connectivity index (χ2v) is 5.36. The van der Waals surface area contributed by atoms with E-state index in [0.717, 1.165) is 0 Å². The molecule has 0 saturated heterocycles. The third-order valence-electron chi connectivity index (χ3n) is 3.99. The van der Waals surface area contributed by atoms with Crippen molar-refractivity contribution in [1.29, 1.82) is 0 Å². The van der Waals surface area contributed by atoms with Crippen molar-refractivity contribution in [2.75, 3.05) is 5.32 Å². The second kappa shape index (κ2) is 5.50. The van der Waals surface area contributed by atoms with Gasteiger partial charge in [-0.1, -0.05) is 19.1 Å². The molecule has 2 N–H and O–H groups in total. The monoisotopic (exact) mass is 303 g/mol. The Hall–Kier alpha value is -2.27. The van der Waals surface area contributed by atoms with Gasteiger partial charge in [0.05, 0.1) is 11.6 Å². The van der Waals surface area contributed by atoms with E-state index in [1.165, 1.54) is 36.4 Å². The number of anilines is 1. The molecule has 0 radical (unpaired) electrons. The molecule has 0 spiro atoms. The first-order valence-electron chi connectivity index (χ1n) is 7.09. The number of aliphatic hydroxyl groups excluding tert-OH is 1. The van der Waals surface area contributed by atoms with Gasteiger partial charge in [0.15, 0.2) is 0 Å². The molecule has 1 heterocycles. The van der Waals surface area contributed by atoms with Crippen molar-refractivity contribution in [3.05, 3.63) is 64.7 Å². The normalized spacial score (nSPS) is 18.0. The van der Waals surface area contributed by atoms with Crippen molar-refractivity contribution >= 4 is 11.6 Å². The highest BCUT2D eigenvalue weighted by Gasteiger charge is 2.33. The summed E-state index contributed by atoms with van der Waals surface area (Å²) in [5, 5.41) is 13.2. The van der Waals surface area contributed by atoms with Crippen molar-refractivity contribution in [2.45, 2.75) is 25.4 Å². The molecule has 0 aliphatic carbocycles. The summed E-state index contributed by atoms with van der Waals surface area (Å²) in [4.78, 5) is 12.0. The van der Waals surface area contributed by atoms with Gasteiger partial charge in [0.2, 0.25) is 5.91 Å². The smallest absolute Gasteiger partial charge is 0.232 e. The standard InChI is InChI=1S/C17H15F2NO2/c1-2-12-13-7-11(19)8-14(15(13)20-17(12)22)16(21)9-3-5-10(18)6-4-9/h3-8,12,16,21H,2H2,1H3,(H,20,22). The Morgan fingerprint density at radius 2 is 1.86 bits per heavy atom. The summed E-state index contributed by atoms with van der Waals surface area (Å²) >= 11 is 0. The second-order valence-electron chi connectivity index (χ2n) is 5.36. The zero-order chi connectivity index (χ0) is 15.9. The lowest BCUT2D eigenvalue weighted by molar-refractivity contribution is -0.117. The molecule has 5 heteroatoms. The largest absolute Gasteiger partial charge is 0.384 e. The number of rotatable bonds is 3. The van der Waals surface area contributed by atoms with Gasteiger partial charge in [-0.25, -0.2) is 8.78 Å². The molecule has 0 bridgehead atoms. The fourth-order valence-electron chi connectivity index (χ4n) is 2.87. The maximum Gasteiger partial charge on any atom is 0.232 e. The SMILES string of the molecule is CCC1C(=O)Nc2c1cc(F)cc2C(O)c1ccc(F)cc1. The molecule has 1 aliphatic heterocycles. The molecule has 114 valence electrons.